The second-order valence-corrected chi connectivity index (χ2v) is 10.4. The number of carbonyl (C=O) groups is 2. The SMILES string of the molecule is CCCCOc1ccc(C2/C(=C(\O)c3ccc(OCCCC)cc3C)C(=O)C(=O)N2CCN2CCOCC2)cc1. The number of aryl methyl sites for hydroxylation is 1. The van der Waals surface area contributed by atoms with Gasteiger partial charge in [-0.3, -0.25) is 14.5 Å². The molecule has 0 saturated carbocycles. The van der Waals surface area contributed by atoms with Crippen molar-refractivity contribution in [1.29, 1.82) is 0 Å². The first-order valence-electron chi connectivity index (χ1n) is 14.5. The van der Waals surface area contributed by atoms with Crippen molar-refractivity contribution in [2.75, 3.05) is 52.6 Å². The maximum absolute atomic E-state index is 13.5. The van der Waals surface area contributed by atoms with Gasteiger partial charge < -0.3 is 24.2 Å². The fraction of sp³-hybridized carbons (Fsp3) is 0.500. The van der Waals surface area contributed by atoms with E-state index in [-0.39, 0.29) is 11.3 Å². The smallest absolute Gasteiger partial charge is 0.295 e. The Morgan fingerprint density at radius 2 is 1.55 bits per heavy atom. The second-order valence-electron chi connectivity index (χ2n) is 10.4. The third kappa shape index (κ3) is 7.04. The van der Waals surface area contributed by atoms with Crippen LogP contribution < -0.4 is 9.47 Å². The molecule has 8 nitrogen and oxygen atoms in total. The Bertz CT molecular complexity index is 1190. The van der Waals surface area contributed by atoms with Gasteiger partial charge in [-0.1, -0.05) is 38.8 Å². The van der Waals surface area contributed by atoms with Crippen LogP contribution in [0.3, 0.4) is 0 Å². The molecule has 0 aromatic heterocycles. The number of ether oxygens (including phenoxy) is 3. The van der Waals surface area contributed by atoms with Gasteiger partial charge in [-0.05, 0) is 61.2 Å². The van der Waals surface area contributed by atoms with Crippen LogP contribution >= 0.6 is 0 Å². The summed E-state index contributed by atoms with van der Waals surface area (Å²) < 4.78 is 17.1. The molecule has 1 unspecified atom stereocenters. The molecule has 1 N–H and O–H groups in total. The summed E-state index contributed by atoms with van der Waals surface area (Å²) >= 11 is 0. The molecular formula is C32H42N2O6. The van der Waals surface area contributed by atoms with E-state index in [4.69, 9.17) is 14.2 Å². The molecule has 0 radical (unpaired) electrons. The van der Waals surface area contributed by atoms with E-state index in [1.54, 1.807) is 17.0 Å². The van der Waals surface area contributed by atoms with Crippen molar-refractivity contribution in [1.82, 2.24) is 9.80 Å². The Hall–Kier alpha value is -3.36. The number of hydrogen-bond acceptors (Lipinski definition) is 7. The second kappa shape index (κ2) is 14.3. The van der Waals surface area contributed by atoms with Gasteiger partial charge >= 0.3 is 0 Å². The summed E-state index contributed by atoms with van der Waals surface area (Å²) in [5.74, 6) is 0.00873. The fourth-order valence-corrected chi connectivity index (χ4v) is 5.08. The van der Waals surface area contributed by atoms with Crippen LogP contribution in [0.1, 0.15) is 62.3 Å². The number of Topliss-reactive ketones (excluding diaryl/α,β-unsaturated/α-hetero) is 1. The number of nitrogens with zero attached hydrogens (tertiary/aromatic N) is 2. The molecule has 2 aromatic rings. The minimum Gasteiger partial charge on any atom is -0.507 e. The number of aliphatic hydroxyl groups is 1. The summed E-state index contributed by atoms with van der Waals surface area (Å²) in [5, 5.41) is 11.5. The lowest BCUT2D eigenvalue weighted by molar-refractivity contribution is -0.140. The largest absolute Gasteiger partial charge is 0.507 e. The van der Waals surface area contributed by atoms with Gasteiger partial charge in [-0.15, -0.1) is 0 Å². The van der Waals surface area contributed by atoms with Gasteiger partial charge in [0.05, 0.1) is 38.0 Å². The summed E-state index contributed by atoms with van der Waals surface area (Å²) in [6.45, 7) is 11.2. The normalized spacial score (nSPS) is 19.3. The van der Waals surface area contributed by atoms with E-state index < -0.39 is 17.7 Å². The monoisotopic (exact) mass is 550 g/mol. The van der Waals surface area contributed by atoms with Crippen LogP contribution in [0.4, 0.5) is 0 Å². The number of benzene rings is 2. The predicted molar refractivity (Wildman–Crippen MR) is 155 cm³/mol. The number of aliphatic hydroxyl groups excluding tert-OH is 1. The highest BCUT2D eigenvalue weighted by Gasteiger charge is 2.46. The van der Waals surface area contributed by atoms with Gasteiger partial charge in [-0.25, -0.2) is 0 Å². The van der Waals surface area contributed by atoms with Crippen LogP contribution in [-0.2, 0) is 14.3 Å². The summed E-state index contributed by atoms with van der Waals surface area (Å²) in [5.41, 5.74) is 2.14. The van der Waals surface area contributed by atoms with E-state index in [0.29, 0.717) is 50.8 Å². The van der Waals surface area contributed by atoms with E-state index in [9.17, 15) is 14.7 Å². The van der Waals surface area contributed by atoms with Gasteiger partial charge in [0.2, 0.25) is 0 Å². The Morgan fingerprint density at radius 1 is 0.925 bits per heavy atom. The van der Waals surface area contributed by atoms with Crippen molar-refractivity contribution in [2.24, 2.45) is 0 Å². The molecule has 216 valence electrons. The van der Waals surface area contributed by atoms with Gasteiger partial charge in [0, 0.05) is 31.7 Å². The highest BCUT2D eigenvalue weighted by Crippen LogP contribution is 2.40. The molecule has 2 heterocycles. The molecule has 4 rings (SSSR count). The predicted octanol–water partition coefficient (Wildman–Crippen LogP) is 5.11. The first kappa shape index (κ1) is 29.6. The molecule has 2 fully saturated rings. The minimum atomic E-state index is -0.703. The van der Waals surface area contributed by atoms with E-state index in [2.05, 4.69) is 18.7 Å². The zero-order chi connectivity index (χ0) is 28.5. The quantitative estimate of drug-likeness (QED) is 0.161. The Balaban J connectivity index is 1.67. The Morgan fingerprint density at radius 3 is 2.17 bits per heavy atom. The zero-order valence-electron chi connectivity index (χ0n) is 24.0. The summed E-state index contributed by atoms with van der Waals surface area (Å²) in [6.07, 6.45) is 4.00. The molecule has 1 amide bonds. The van der Waals surface area contributed by atoms with E-state index in [0.717, 1.165) is 55.6 Å². The van der Waals surface area contributed by atoms with Crippen LogP contribution in [0.15, 0.2) is 48.0 Å². The van der Waals surface area contributed by atoms with Crippen molar-refractivity contribution >= 4 is 17.4 Å². The van der Waals surface area contributed by atoms with E-state index in [1.807, 2.05) is 37.3 Å². The van der Waals surface area contributed by atoms with Crippen LogP contribution in [0.25, 0.3) is 5.76 Å². The minimum absolute atomic E-state index is 0.106. The molecule has 8 heteroatoms. The third-order valence-corrected chi connectivity index (χ3v) is 7.48. The van der Waals surface area contributed by atoms with E-state index in [1.165, 1.54) is 0 Å². The van der Waals surface area contributed by atoms with Crippen molar-refractivity contribution < 1.29 is 28.9 Å². The first-order valence-corrected chi connectivity index (χ1v) is 14.5. The lowest BCUT2D eigenvalue weighted by Gasteiger charge is -2.31. The van der Waals surface area contributed by atoms with Crippen molar-refractivity contribution in [3.63, 3.8) is 0 Å². The number of hydrogen-bond donors (Lipinski definition) is 1. The zero-order valence-corrected chi connectivity index (χ0v) is 24.0. The molecular weight excluding hydrogens is 508 g/mol. The van der Waals surface area contributed by atoms with E-state index >= 15 is 0 Å². The van der Waals surface area contributed by atoms with Gasteiger partial charge in [0.25, 0.3) is 11.7 Å². The van der Waals surface area contributed by atoms with Crippen LogP contribution in [-0.4, -0.2) is 79.2 Å². The first-order chi connectivity index (χ1) is 19.4. The van der Waals surface area contributed by atoms with Gasteiger partial charge in [0.1, 0.15) is 17.3 Å². The highest BCUT2D eigenvalue weighted by atomic mass is 16.5. The molecule has 2 saturated heterocycles. The van der Waals surface area contributed by atoms with Gasteiger partial charge in [-0.2, -0.15) is 0 Å². The lowest BCUT2D eigenvalue weighted by Crippen LogP contribution is -2.42. The Labute approximate surface area is 237 Å². The number of unbranched alkanes of at least 4 members (excludes halogenated alkanes) is 2. The average Bonchev–Trinajstić information content (AvgIpc) is 3.22. The summed E-state index contributed by atoms with van der Waals surface area (Å²) in [7, 11) is 0. The molecule has 2 aromatic carbocycles. The number of rotatable bonds is 13. The summed E-state index contributed by atoms with van der Waals surface area (Å²) in [6, 6.07) is 12.2. The number of amides is 1. The van der Waals surface area contributed by atoms with Crippen molar-refractivity contribution in [3.8, 4) is 11.5 Å². The standard InChI is InChI=1S/C32H42N2O6/c1-4-6-18-39-25-10-8-24(9-11-25)29-28(30(35)27-13-12-26(22-23(27)3)40-19-7-5-2)31(36)32(37)34(29)15-14-33-16-20-38-21-17-33/h8-13,22,29,35H,4-7,14-21H2,1-3H3/b30-28+. The van der Waals surface area contributed by atoms with Crippen LogP contribution in [0.2, 0.25) is 0 Å². The molecule has 0 aliphatic carbocycles. The topological polar surface area (TPSA) is 88.5 Å². The molecule has 1 atom stereocenters. The molecule has 2 aliphatic rings. The van der Waals surface area contributed by atoms with Crippen molar-refractivity contribution in [2.45, 2.75) is 52.5 Å². The molecule has 0 spiro atoms. The number of ketones is 1. The maximum Gasteiger partial charge on any atom is 0.295 e. The number of likely N-dealkylation sites (tertiary alicyclic amines) is 1. The average molecular weight is 551 g/mol. The molecule has 0 bridgehead atoms. The molecule has 2 aliphatic heterocycles. The third-order valence-electron chi connectivity index (χ3n) is 7.48. The lowest BCUT2D eigenvalue weighted by atomic mass is 9.94. The van der Waals surface area contributed by atoms with Gasteiger partial charge in [0.15, 0.2) is 0 Å². The van der Waals surface area contributed by atoms with Crippen LogP contribution in [0, 0.1) is 6.92 Å². The maximum atomic E-state index is 13.5. The number of morpholine rings is 1. The van der Waals surface area contributed by atoms with Crippen molar-refractivity contribution in [3.05, 3.63) is 64.7 Å². The summed E-state index contributed by atoms with van der Waals surface area (Å²) in [4.78, 5) is 30.7. The fourth-order valence-electron chi connectivity index (χ4n) is 5.08. The van der Waals surface area contributed by atoms with Crippen LogP contribution in [0.5, 0.6) is 11.5 Å². The number of carbonyl (C=O) groups excluding carboxylic acids is 2. The highest BCUT2D eigenvalue weighted by molar-refractivity contribution is 6.46. The molecule has 40 heavy (non-hydrogen) atoms. The Kier molecular flexibility index (Phi) is 10.6.